The molecular formula is C14H22N2O. The van der Waals surface area contributed by atoms with Crippen molar-refractivity contribution >= 4 is 5.91 Å². The maximum Gasteiger partial charge on any atom is 0.243 e. The van der Waals surface area contributed by atoms with Gasteiger partial charge in [-0.2, -0.15) is 5.26 Å². The Balaban J connectivity index is 2.04. The molecule has 1 aliphatic carbocycles. The smallest absolute Gasteiger partial charge is 0.243 e. The number of carbonyl (C=O) groups is 1. The van der Waals surface area contributed by atoms with E-state index in [1.165, 1.54) is 6.42 Å². The van der Waals surface area contributed by atoms with Crippen LogP contribution in [0.1, 0.15) is 51.9 Å². The van der Waals surface area contributed by atoms with E-state index in [-0.39, 0.29) is 5.91 Å². The van der Waals surface area contributed by atoms with E-state index >= 15 is 0 Å². The number of nitriles is 1. The topological polar surface area (TPSA) is 44.1 Å². The first-order valence-corrected chi connectivity index (χ1v) is 6.88. The van der Waals surface area contributed by atoms with Gasteiger partial charge in [-0.25, -0.2) is 0 Å². The average molecular weight is 234 g/mol. The second-order valence-corrected chi connectivity index (χ2v) is 5.73. The van der Waals surface area contributed by atoms with Gasteiger partial charge in [0.15, 0.2) is 0 Å². The Kier molecular flexibility index (Phi) is 3.71. The van der Waals surface area contributed by atoms with E-state index in [0.717, 1.165) is 57.5 Å². The molecule has 0 bridgehead atoms. The van der Waals surface area contributed by atoms with Gasteiger partial charge in [0.05, 0.1) is 6.07 Å². The van der Waals surface area contributed by atoms with Gasteiger partial charge in [-0.3, -0.25) is 4.79 Å². The quantitative estimate of drug-likeness (QED) is 0.700. The van der Waals surface area contributed by atoms with Crippen LogP contribution in [0.3, 0.4) is 0 Å². The molecule has 3 heteroatoms. The lowest BCUT2D eigenvalue weighted by Crippen LogP contribution is -2.47. The third-order valence-electron chi connectivity index (χ3n) is 4.40. The fraction of sp³-hybridized carbons (Fsp3) is 0.857. The minimum absolute atomic E-state index is 0.117. The molecule has 2 fully saturated rings. The summed E-state index contributed by atoms with van der Waals surface area (Å²) in [5.74, 6) is 0.843. The first-order chi connectivity index (χ1) is 8.18. The number of hydrogen-bond donors (Lipinski definition) is 0. The van der Waals surface area contributed by atoms with E-state index in [4.69, 9.17) is 0 Å². The van der Waals surface area contributed by atoms with Gasteiger partial charge in [0.25, 0.3) is 0 Å². The Bertz CT molecular complexity index is 318. The maximum atomic E-state index is 12.5. The first-order valence-electron chi connectivity index (χ1n) is 6.88. The van der Waals surface area contributed by atoms with Crippen LogP contribution in [0.2, 0.25) is 0 Å². The molecule has 1 aliphatic heterocycles. The van der Waals surface area contributed by atoms with Gasteiger partial charge in [0.1, 0.15) is 5.41 Å². The summed E-state index contributed by atoms with van der Waals surface area (Å²) in [6.07, 6.45) is 6.96. The zero-order valence-electron chi connectivity index (χ0n) is 10.7. The Labute approximate surface area is 104 Å². The van der Waals surface area contributed by atoms with Crippen molar-refractivity contribution in [3.05, 3.63) is 0 Å². The van der Waals surface area contributed by atoms with Crippen molar-refractivity contribution in [2.24, 2.45) is 11.3 Å². The minimum atomic E-state index is -0.682. The summed E-state index contributed by atoms with van der Waals surface area (Å²) < 4.78 is 0. The molecule has 0 N–H and O–H groups in total. The van der Waals surface area contributed by atoms with Gasteiger partial charge in [-0.1, -0.05) is 26.2 Å². The van der Waals surface area contributed by atoms with Crippen LogP contribution in [-0.2, 0) is 4.79 Å². The summed E-state index contributed by atoms with van der Waals surface area (Å²) in [5.41, 5.74) is -0.682. The van der Waals surface area contributed by atoms with Gasteiger partial charge in [-0.15, -0.1) is 0 Å². The molecule has 0 aromatic rings. The van der Waals surface area contributed by atoms with Crippen molar-refractivity contribution in [3.8, 4) is 6.07 Å². The van der Waals surface area contributed by atoms with Crippen LogP contribution in [0.5, 0.6) is 0 Å². The molecule has 0 aromatic heterocycles. The molecule has 17 heavy (non-hydrogen) atoms. The molecule has 0 atom stereocenters. The second kappa shape index (κ2) is 5.08. The monoisotopic (exact) mass is 234 g/mol. The van der Waals surface area contributed by atoms with Gasteiger partial charge in [0, 0.05) is 13.1 Å². The fourth-order valence-electron chi connectivity index (χ4n) is 3.04. The number of hydrogen-bond acceptors (Lipinski definition) is 2. The lowest BCUT2D eigenvalue weighted by Gasteiger charge is -2.38. The highest BCUT2D eigenvalue weighted by Crippen LogP contribution is 2.38. The van der Waals surface area contributed by atoms with E-state index in [1.54, 1.807) is 0 Å². The third-order valence-corrected chi connectivity index (χ3v) is 4.40. The Morgan fingerprint density at radius 2 is 1.82 bits per heavy atom. The molecular weight excluding hydrogens is 212 g/mol. The van der Waals surface area contributed by atoms with Crippen molar-refractivity contribution in [1.82, 2.24) is 4.90 Å². The Hall–Kier alpha value is -1.04. The van der Waals surface area contributed by atoms with Crippen LogP contribution in [0.25, 0.3) is 0 Å². The molecule has 0 spiro atoms. The number of carbonyl (C=O) groups excluding carboxylic acids is 1. The predicted molar refractivity (Wildman–Crippen MR) is 66.1 cm³/mol. The molecule has 3 nitrogen and oxygen atoms in total. The summed E-state index contributed by atoms with van der Waals surface area (Å²) in [5, 5.41) is 9.40. The number of piperidine rings is 1. The Morgan fingerprint density at radius 3 is 2.35 bits per heavy atom. The molecule has 1 saturated heterocycles. The first kappa shape index (κ1) is 12.4. The second-order valence-electron chi connectivity index (χ2n) is 5.73. The number of nitrogens with zero attached hydrogens (tertiary/aromatic N) is 2. The van der Waals surface area contributed by atoms with Gasteiger partial charge >= 0.3 is 0 Å². The summed E-state index contributed by atoms with van der Waals surface area (Å²) >= 11 is 0. The standard InChI is InChI=1S/C14H22N2O/c1-12-5-9-16(10-6-12)13(17)14(11-15)7-3-2-4-8-14/h12H,2-10H2,1H3. The maximum absolute atomic E-state index is 12.5. The van der Waals surface area contributed by atoms with E-state index in [1.807, 2.05) is 4.90 Å². The highest BCUT2D eigenvalue weighted by Gasteiger charge is 2.42. The van der Waals surface area contributed by atoms with Gasteiger partial charge < -0.3 is 4.90 Å². The molecule has 2 rings (SSSR count). The zero-order valence-corrected chi connectivity index (χ0v) is 10.7. The minimum Gasteiger partial charge on any atom is -0.341 e. The summed E-state index contributed by atoms with van der Waals surface area (Å²) in [4.78, 5) is 14.5. The normalized spacial score (nSPS) is 25.3. The predicted octanol–water partition coefficient (Wildman–Crippen LogP) is 2.72. The molecule has 0 unspecified atom stereocenters. The van der Waals surface area contributed by atoms with Crippen molar-refractivity contribution < 1.29 is 4.79 Å². The highest BCUT2D eigenvalue weighted by atomic mass is 16.2. The zero-order chi connectivity index (χ0) is 12.3. The van der Waals surface area contributed by atoms with E-state index in [2.05, 4.69) is 13.0 Å². The summed E-state index contributed by atoms with van der Waals surface area (Å²) in [7, 11) is 0. The summed E-state index contributed by atoms with van der Waals surface area (Å²) in [6.45, 7) is 3.94. The van der Waals surface area contributed by atoms with Crippen molar-refractivity contribution in [1.29, 1.82) is 5.26 Å². The van der Waals surface area contributed by atoms with Crippen LogP contribution < -0.4 is 0 Å². The Morgan fingerprint density at radius 1 is 1.24 bits per heavy atom. The van der Waals surface area contributed by atoms with E-state index in [0.29, 0.717) is 0 Å². The van der Waals surface area contributed by atoms with Crippen molar-refractivity contribution in [3.63, 3.8) is 0 Å². The van der Waals surface area contributed by atoms with Crippen LogP contribution in [-0.4, -0.2) is 23.9 Å². The average Bonchev–Trinajstić information content (AvgIpc) is 2.39. The molecule has 1 amide bonds. The fourth-order valence-corrected chi connectivity index (χ4v) is 3.04. The van der Waals surface area contributed by atoms with E-state index in [9.17, 15) is 10.1 Å². The third kappa shape index (κ3) is 2.46. The largest absolute Gasteiger partial charge is 0.341 e. The molecule has 0 radical (unpaired) electrons. The lowest BCUT2D eigenvalue weighted by atomic mass is 9.74. The molecule has 0 aromatic carbocycles. The molecule has 2 aliphatic rings. The summed E-state index contributed by atoms with van der Waals surface area (Å²) in [6, 6.07) is 2.33. The SMILES string of the molecule is CC1CCN(C(=O)C2(C#N)CCCCC2)CC1. The van der Waals surface area contributed by atoms with Crippen molar-refractivity contribution in [2.45, 2.75) is 51.9 Å². The van der Waals surface area contributed by atoms with Crippen LogP contribution >= 0.6 is 0 Å². The van der Waals surface area contributed by atoms with E-state index < -0.39 is 5.41 Å². The highest BCUT2D eigenvalue weighted by molar-refractivity contribution is 5.85. The molecule has 1 saturated carbocycles. The molecule has 1 heterocycles. The number of amides is 1. The van der Waals surface area contributed by atoms with Crippen LogP contribution in [0.4, 0.5) is 0 Å². The van der Waals surface area contributed by atoms with Crippen molar-refractivity contribution in [2.75, 3.05) is 13.1 Å². The lowest BCUT2D eigenvalue weighted by molar-refractivity contribution is -0.142. The number of likely N-dealkylation sites (tertiary alicyclic amines) is 1. The molecule has 94 valence electrons. The number of rotatable bonds is 1. The van der Waals surface area contributed by atoms with Crippen LogP contribution in [0.15, 0.2) is 0 Å². The van der Waals surface area contributed by atoms with Gasteiger partial charge in [-0.05, 0) is 31.6 Å². The van der Waals surface area contributed by atoms with Crippen LogP contribution in [0, 0.1) is 22.7 Å². The van der Waals surface area contributed by atoms with Gasteiger partial charge in [0.2, 0.25) is 5.91 Å².